The Morgan fingerprint density at radius 2 is 2.07 bits per heavy atom. The maximum Gasteiger partial charge on any atom is 0.154 e. The van der Waals surface area contributed by atoms with E-state index in [2.05, 4.69) is 19.9 Å². The molecule has 3 aromatic rings. The summed E-state index contributed by atoms with van der Waals surface area (Å²) in [6.07, 6.45) is 1.16. The molecule has 1 aromatic heterocycles. The molecule has 2 aromatic carbocycles. The van der Waals surface area contributed by atoms with Gasteiger partial charge in [-0.2, -0.15) is 0 Å². The third-order valence-corrected chi connectivity index (χ3v) is 6.87. The Balaban J connectivity index is 1.49. The van der Waals surface area contributed by atoms with Crippen LogP contribution in [0.3, 0.4) is 0 Å². The Morgan fingerprint density at radius 1 is 1.23 bits per heavy atom. The number of halogens is 3. The topological polar surface area (TPSA) is 57.3 Å². The molecule has 1 fully saturated rings. The molecule has 0 radical (unpaired) electrons. The van der Waals surface area contributed by atoms with E-state index in [-0.39, 0.29) is 22.3 Å². The number of hydrogen-bond donors (Lipinski definition) is 2. The zero-order valence-electron chi connectivity index (χ0n) is 15.8. The van der Waals surface area contributed by atoms with Gasteiger partial charge in [0.05, 0.1) is 21.1 Å². The molecule has 0 saturated carbocycles. The molecule has 0 aliphatic carbocycles. The molecule has 2 heterocycles. The van der Waals surface area contributed by atoms with E-state index < -0.39 is 16.8 Å². The highest BCUT2D eigenvalue weighted by molar-refractivity contribution is 7.86. The molecule has 0 bridgehead atoms. The number of likely N-dealkylation sites (tertiary alicyclic amines) is 1. The second-order valence-corrected chi connectivity index (χ2v) is 9.18. The summed E-state index contributed by atoms with van der Waals surface area (Å²) in [4.78, 5) is 6.13. The molecule has 158 valence electrons. The summed E-state index contributed by atoms with van der Waals surface area (Å²) >= 11 is 7.61. The molecule has 10 heteroatoms. The van der Waals surface area contributed by atoms with Crippen LogP contribution in [-0.4, -0.2) is 27.2 Å². The number of benzene rings is 2. The molecule has 30 heavy (non-hydrogen) atoms. The minimum absolute atomic E-state index is 0.0806. The van der Waals surface area contributed by atoms with E-state index in [0.717, 1.165) is 25.1 Å². The Kier molecular flexibility index (Phi) is 6.62. The average molecular weight is 469 g/mol. The van der Waals surface area contributed by atoms with Crippen LogP contribution in [0.15, 0.2) is 46.1 Å². The predicted molar refractivity (Wildman–Crippen MR) is 117 cm³/mol. The summed E-state index contributed by atoms with van der Waals surface area (Å²) < 4.78 is 44.0. The van der Waals surface area contributed by atoms with Gasteiger partial charge in [0.15, 0.2) is 11.0 Å². The first kappa shape index (κ1) is 21.2. The molecule has 5 nitrogen and oxygen atoms in total. The molecular weight excluding hydrogens is 450 g/mol. The summed E-state index contributed by atoms with van der Waals surface area (Å²) in [5, 5.41) is 4.87. The maximum absolute atomic E-state index is 14.6. The second kappa shape index (κ2) is 9.38. The van der Waals surface area contributed by atoms with E-state index in [9.17, 15) is 13.0 Å². The first-order chi connectivity index (χ1) is 14.5. The standard InChI is InChI=1S/C20H19ClF2N4OS2/c21-15-7-19(30(28)26-20-11-29-12-25-20)17(23)8-18(15)24-9-14-13(3-1-4-16(14)22)10-27-5-2-6-27/h1,3-4,7-8,11-12,24,26H,2,5-6,9-10H2. The van der Waals surface area contributed by atoms with Gasteiger partial charge >= 0.3 is 0 Å². The van der Waals surface area contributed by atoms with Crippen LogP contribution < -0.4 is 10.0 Å². The highest BCUT2D eigenvalue weighted by Gasteiger charge is 2.18. The lowest BCUT2D eigenvalue weighted by molar-refractivity contribution is 0.172. The van der Waals surface area contributed by atoms with Gasteiger partial charge in [-0.15, -0.1) is 11.3 Å². The van der Waals surface area contributed by atoms with Gasteiger partial charge in [0, 0.05) is 24.0 Å². The van der Waals surface area contributed by atoms with Crippen LogP contribution in [0.4, 0.5) is 20.3 Å². The average Bonchev–Trinajstić information content (AvgIpc) is 3.19. The molecule has 0 spiro atoms. The van der Waals surface area contributed by atoms with Gasteiger partial charge < -0.3 is 5.32 Å². The van der Waals surface area contributed by atoms with Crippen LogP contribution in [0.5, 0.6) is 0 Å². The van der Waals surface area contributed by atoms with E-state index in [4.69, 9.17) is 11.6 Å². The predicted octanol–water partition coefficient (Wildman–Crippen LogP) is 5.03. The lowest BCUT2D eigenvalue weighted by atomic mass is 10.0. The molecule has 0 amide bonds. The highest BCUT2D eigenvalue weighted by Crippen LogP contribution is 2.29. The van der Waals surface area contributed by atoms with Gasteiger partial charge in [-0.05, 0) is 43.3 Å². The van der Waals surface area contributed by atoms with Crippen LogP contribution in [0.1, 0.15) is 17.5 Å². The molecule has 4 rings (SSSR count). The van der Waals surface area contributed by atoms with Crippen molar-refractivity contribution in [1.82, 2.24) is 9.88 Å². The SMILES string of the molecule is O=S(Nc1cscn1)c1cc(Cl)c(NCc2c(F)cccc2CN2CCC2)cc1F. The van der Waals surface area contributed by atoms with Crippen molar-refractivity contribution < 1.29 is 13.0 Å². The minimum Gasteiger partial charge on any atom is -0.380 e. The third-order valence-electron chi connectivity index (χ3n) is 4.87. The Labute approximate surface area is 184 Å². The smallest absolute Gasteiger partial charge is 0.154 e. The molecule has 1 saturated heterocycles. The maximum atomic E-state index is 14.6. The highest BCUT2D eigenvalue weighted by atomic mass is 35.5. The summed E-state index contributed by atoms with van der Waals surface area (Å²) in [6, 6.07) is 7.48. The van der Waals surface area contributed by atoms with Gasteiger partial charge in [-0.1, -0.05) is 23.7 Å². The Bertz CT molecular complexity index is 1060. The van der Waals surface area contributed by atoms with E-state index in [1.54, 1.807) is 17.0 Å². The zero-order valence-corrected chi connectivity index (χ0v) is 18.2. The first-order valence-electron chi connectivity index (χ1n) is 9.29. The zero-order chi connectivity index (χ0) is 21.1. The van der Waals surface area contributed by atoms with Gasteiger partial charge in [-0.25, -0.2) is 18.0 Å². The van der Waals surface area contributed by atoms with E-state index >= 15 is 0 Å². The fourth-order valence-electron chi connectivity index (χ4n) is 3.13. The van der Waals surface area contributed by atoms with Crippen LogP contribution in [0.25, 0.3) is 0 Å². The summed E-state index contributed by atoms with van der Waals surface area (Å²) in [5.74, 6) is -0.607. The van der Waals surface area contributed by atoms with Crippen LogP contribution in [0, 0.1) is 11.6 Å². The fraction of sp³-hybridized carbons (Fsp3) is 0.250. The van der Waals surface area contributed by atoms with E-state index in [1.165, 1.54) is 29.5 Å². The van der Waals surface area contributed by atoms with E-state index in [1.807, 2.05) is 6.07 Å². The lowest BCUT2D eigenvalue weighted by Crippen LogP contribution is -2.36. The summed E-state index contributed by atoms with van der Waals surface area (Å²) in [6.45, 7) is 2.85. The van der Waals surface area contributed by atoms with Crippen molar-refractivity contribution in [1.29, 1.82) is 0 Å². The van der Waals surface area contributed by atoms with Gasteiger partial charge in [-0.3, -0.25) is 9.62 Å². The number of hydrogen-bond acceptors (Lipinski definition) is 5. The molecule has 1 aliphatic rings. The lowest BCUT2D eigenvalue weighted by Gasteiger charge is -2.31. The van der Waals surface area contributed by atoms with Crippen molar-refractivity contribution in [2.75, 3.05) is 23.1 Å². The number of nitrogens with zero attached hydrogens (tertiary/aromatic N) is 2. The molecule has 1 atom stereocenters. The van der Waals surface area contributed by atoms with Gasteiger partial charge in [0.2, 0.25) is 0 Å². The van der Waals surface area contributed by atoms with Crippen LogP contribution >= 0.6 is 22.9 Å². The largest absolute Gasteiger partial charge is 0.380 e. The Morgan fingerprint density at radius 3 is 2.77 bits per heavy atom. The number of aromatic nitrogens is 1. The van der Waals surface area contributed by atoms with Crippen molar-refractivity contribution in [3.8, 4) is 0 Å². The van der Waals surface area contributed by atoms with Gasteiger partial charge in [0.25, 0.3) is 0 Å². The fourth-order valence-corrected chi connectivity index (χ4v) is 4.86. The minimum atomic E-state index is -1.85. The van der Waals surface area contributed by atoms with Gasteiger partial charge in [0.1, 0.15) is 17.5 Å². The molecule has 1 unspecified atom stereocenters. The number of rotatable bonds is 8. The van der Waals surface area contributed by atoms with Crippen molar-refractivity contribution in [3.05, 3.63) is 69.0 Å². The van der Waals surface area contributed by atoms with Crippen LogP contribution in [-0.2, 0) is 24.1 Å². The number of anilines is 2. The molecular formula is C20H19ClF2N4OS2. The summed E-state index contributed by atoms with van der Waals surface area (Å²) in [5.41, 5.74) is 3.30. The van der Waals surface area contributed by atoms with Crippen molar-refractivity contribution in [2.24, 2.45) is 0 Å². The van der Waals surface area contributed by atoms with Crippen molar-refractivity contribution >= 4 is 45.4 Å². The Hall–Kier alpha value is -2.07. The third kappa shape index (κ3) is 4.80. The number of nitrogens with one attached hydrogen (secondary N) is 2. The molecule has 2 N–H and O–H groups in total. The van der Waals surface area contributed by atoms with Crippen molar-refractivity contribution in [3.63, 3.8) is 0 Å². The number of thiazole rings is 1. The first-order valence-corrected chi connectivity index (χ1v) is 11.8. The van der Waals surface area contributed by atoms with Crippen molar-refractivity contribution in [2.45, 2.75) is 24.4 Å². The summed E-state index contributed by atoms with van der Waals surface area (Å²) in [7, 11) is -1.85. The van der Waals surface area contributed by atoms with Crippen LogP contribution in [0.2, 0.25) is 5.02 Å². The monoisotopic (exact) mass is 468 g/mol. The normalized spacial score (nSPS) is 14.9. The molecule has 1 aliphatic heterocycles. The van der Waals surface area contributed by atoms with E-state index in [0.29, 0.717) is 23.6 Å². The second-order valence-electron chi connectivity index (χ2n) is 6.87. The quantitative estimate of drug-likeness (QED) is 0.487.